The molecule has 0 saturated carbocycles. The van der Waals surface area contributed by atoms with Crippen LogP contribution in [0.4, 0.5) is 0 Å². The molecule has 0 radical (unpaired) electrons. The molecule has 25 heavy (non-hydrogen) atoms. The molecule has 2 fully saturated rings. The molecule has 2 aliphatic heterocycles. The Morgan fingerprint density at radius 3 is 2.56 bits per heavy atom. The van der Waals surface area contributed by atoms with Gasteiger partial charge in [-0.25, -0.2) is 8.42 Å². The minimum Gasteiger partial charge on any atom is -0.481 e. The molecule has 0 unspecified atom stereocenters. The number of likely N-dealkylation sites (tertiary alicyclic amines) is 1. The molecule has 7 nitrogen and oxygen atoms in total. The van der Waals surface area contributed by atoms with Crippen molar-refractivity contribution in [1.29, 1.82) is 0 Å². The van der Waals surface area contributed by atoms with Crippen molar-refractivity contribution in [2.45, 2.75) is 12.2 Å². The van der Waals surface area contributed by atoms with Crippen LogP contribution in [0.1, 0.15) is 22.3 Å². The molecule has 2 saturated heterocycles. The predicted molar refractivity (Wildman–Crippen MR) is 89.9 cm³/mol. The SMILES string of the molecule is CS(=O)(=O)Cc1ccc(C(=O)N2C[C@H]3COCC[C@@]3(C(=O)O)C2)cc1. The molecule has 1 aromatic rings. The number of carbonyl (C=O) groups excluding carboxylic acids is 1. The van der Waals surface area contributed by atoms with Crippen LogP contribution >= 0.6 is 0 Å². The van der Waals surface area contributed by atoms with E-state index in [1.807, 2.05) is 0 Å². The first-order valence-electron chi connectivity index (χ1n) is 8.08. The minimum absolute atomic E-state index is 0.0767. The van der Waals surface area contributed by atoms with Crippen LogP contribution in [0.25, 0.3) is 0 Å². The summed E-state index contributed by atoms with van der Waals surface area (Å²) in [5.74, 6) is -1.39. The van der Waals surface area contributed by atoms with Gasteiger partial charge in [-0.05, 0) is 24.1 Å². The zero-order valence-corrected chi connectivity index (χ0v) is 14.8. The summed E-state index contributed by atoms with van der Waals surface area (Å²) in [5, 5.41) is 9.66. The third kappa shape index (κ3) is 3.55. The Kier molecular flexibility index (Phi) is 4.59. The fraction of sp³-hybridized carbons (Fsp3) is 0.529. The third-order valence-electron chi connectivity index (χ3n) is 5.05. The van der Waals surface area contributed by atoms with Crippen LogP contribution in [0.2, 0.25) is 0 Å². The molecule has 1 amide bonds. The highest BCUT2D eigenvalue weighted by Crippen LogP contribution is 2.42. The smallest absolute Gasteiger partial charge is 0.311 e. The van der Waals surface area contributed by atoms with E-state index < -0.39 is 21.2 Å². The van der Waals surface area contributed by atoms with Gasteiger partial charge < -0.3 is 14.7 Å². The lowest BCUT2D eigenvalue weighted by atomic mass is 9.74. The van der Waals surface area contributed by atoms with Gasteiger partial charge >= 0.3 is 5.97 Å². The van der Waals surface area contributed by atoms with E-state index in [2.05, 4.69) is 0 Å². The summed E-state index contributed by atoms with van der Waals surface area (Å²) in [4.78, 5) is 26.1. The third-order valence-corrected chi connectivity index (χ3v) is 5.91. The Morgan fingerprint density at radius 1 is 1.32 bits per heavy atom. The Hall–Kier alpha value is -1.93. The predicted octanol–water partition coefficient (Wildman–Crippen LogP) is 0.794. The molecule has 3 rings (SSSR count). The lowest BCUT2D eigenvalue weighted by molar-refractivity contribution is -0.157. The van der Waals surface area contributed by atoms with E-state index >= 15 is 0 Å². The number of hydrogen-bond acceptors (Lipinski definition) is 5. The monoisotopic (exact) mass is 367 g/mol. The lowest BCUT2D eigenvalue weighted by Gasteiger charge is -2.33. The number of sulfone groups is 1. The van der Waals surface area contributed by atoms with Crippen LogP contribution in [0.3, 0.4) is 0 Å². The zero-order chi connectivity index (χ0) is 18.2. The molecule has 0 aliphatic carbocycles. The van der Waals surface area contributed by atoms with Gasteiger partial charge in [0.25, 0.3) is 5.91 Å². The maximum Gasteiger partial charge on any atom is 0.311 e. The number of benzene rings is 1. The first-order valence-corrected chi connectivity index (χ1v) is 10.1. The molecule has 1 N–H and O–H groups in total. The fourth-order valence-electron chi connectivity index (χ4n) is 3.68. The average molecular weight is 367 g/mol. The number of carbonyl (C=O) groups is 2. The highest BCUT2D eigenvalue weighted by atomic mass is 32.2. The molecule has 2 atom stereocenters. The summed E-state index contributed by atoms with van der Waals surface area (Å²) < 4.78 is 28.1. The quantitative estimate of drug-likeness (QED) is 0.845. The maximum atomic E-state index is 12.7. The molecule has 2 aliphatic rings. The van der Waals surface area contributed by atoms with Crippen molar-refractivity contribution in [3.8, 4) is 0 Å². The van der Waals surface area contributed by atoms with Gasteiger partial charge in [0.1, 0.15) is 0 Å². The number of nitrogens with zero attached hydrogens (tertiary/aromatic N) is 1. The first kappa shape index (κ1) is 17.9. The van der Waals surface area contributed by atoms with E-state index in [1.165, 1.54) is 0 Å². The number of aliphatic carboxylic acids is 1. The van der Waals surface area contributed by atoms with Crippen molar-refractivity contribution in [3.05, 3.63) is 35.4 Å². The Balaban J connectivity index is 1.76. The van der Waals surface area contributed by atoms with Gasteiger partial charge in [-0.1, -0.05) is 12.1 Å². The Morgan fingerprint density at radius 2 is 2.00 bits per heavy atom. The highest BCUT2D eigenvalue weighted by Gasteiger charge is 2.54. The van der Waals surface area contributed by atoms with E-state index in [9.17, 15) is 23.1 Å². The van der Waals surface area contributed by atoms with Crippen molar-refractivity contribution >= 4 is 21.7 Å². The average Bonchev–Trinajstić information content (AvgIpc) is 2.94. The van der Waals surface area contributed by atoms with Crippen molar-refractivity contribution in [2.75, 3.05) is 32.6 Å². The van der Waals surface area contributed by atoms with E-state index in [0.717, 1.165) is 6.26 Å². The summed E-state index contributed by atoms with van der Waals surface area (Å²) in [6, 6.07) is 6.42. The molecular formula is C17H21NO6S. The molecule has 2 heterocycles. The summed E-state index contributed by atoms with van der Waals surface area (Å²) in [7, 11) is -3.13. The zero-order valence-electron chi connectivity index (χ0n) is 14.0. The van der Waals surface area contributed by atoms with Crippen molar-refractivity contribution in [3.63, 3.8) is 0 Å². The number of ether oxygens (including phenoxy) is 1. The number of fused-ring (bicyclic) bond motifs is 1. The second-order valence-corrected chi connectivity index (χ2v) is 9.08. The van der Waals surface area contributed by atoms with E-state index in [4.69, 9.17) is 4.74 Å². The van der Waals surface area contributed by atoms with Gasteiger partial charge in [-0.3, -0.25) is 9.59 Å². The highest BCUT2D eigenvalue weighted by molar-refractivity contribution is 7.89. The second-order valence-electron chi connectivity index (χ2n) is 6.94. The van der Waals surface area contributed by atoms with E-state index in [1.54, 1.807) is 29.2 Å². The van der Waals surface area contributed by atoms with Gasteiger partial charge in [-0.2, -0.15) is 0 Å². The van der Waals surface area contributed by atoms with Gasteiger partial charge in [0.2, 0.25) is 0 Å². The van der Waals surface area contributed by atoms with E-state index in [0.29, 0.717) is 37.3 Å². The van der Waals surface area contributed by atoms with Gasteiger partial charge in [0.05, 0.1) is 17.8 Å². The Labute approximate surface area is 146 Å². The maximum absolute atomic E-state index is 12.7. The fourth-order valence-corrected chi connectivity index (χ4v) is 4.48. The second kappa shape index (κ2) is 6.42. The number of hydrogen-bond donors (Lipinski definition) is 1. The Bertz CT molecular complexity index is 788. The van der Waals surface area contributed by atoms with Crippen molar-refractivity contribution < 1.29 is 27.9 Å². The van der Waals surface area contributed by atoms with E-state index in [-0.39, 0.29) is 24.1 Å². The van der Waals surface area contributed by atoms with Gasteiger partial charge in [0.15, 0.2) is 9.84 Å². The topological polar surface area (TPSA) is 101 Å². The van der Waals surface area contributed by atoms with Crippen LogP contribution in [-0.2, 0) is 25.1 Å². The van der Waals surface area contributed by atoms with Gasteiger partial charge in [-0.15, -0.1) is 0 Å². The summed E-state index contributed by atoms with van der Waals surface area (Å²) in [5.41, 5.74) is 0.117. The number of amides is 1. The van der Waals surface area contributed by atoms with Crippen LogP contribution in [0.15, 0.2) is 24.3 Å². The number of carboxylic acids is 1. The van der Waals surface area contributed by atoms with Crippen LogP contribution in [-0.4, -0.2) is 62.9 Å². The van der Waals surface area contributed by atoms with Crippen LogP contribution in [0, 0.1) is 11.3 Å². The van der Waals surface area contributed by atoms with Gasteiger partial charge in [0, 0.05) is 37.4 Å². The summed E-state index contributed by atoms with van der Waals surface area (Å²) >= 11 is 0. The molecule has 1 aromatic carbocycles. The standard InChI is InChI=1S/C17H21NO6S/c1-25(22,23)10-12-2-4-13(5-3-12)15(19)18-8-14-9-24-7-6-17(14,11-18)16(20)21/h2-5,14H,6-11H2,1H3,(H,20,21)/t14-,17+/m0/s1. The van der Waals surface area contributed by atoms with Crippen molar-refractivity contribution in [2.24, 2.45) is 11.3 Å². The molecular weight excluding hydrogens is 346 g/mol. The minimum atomic E-state index is -3.13. The number of carboxylic acid groups (broad SMARTS) is 1. The molecule has 0 bridgehead atoms. The largest absolute Gasteiger partial charge is 0.481 e. The summed E-state index contributed by atoms with van der Waals surface area (Å²) in [6.07, 6.45) is 1.57. The normalized spacial score (nSPS) is 26.3. The van der Waals surface area contributed by atoms with Crippen molar-refractivity contribution in [1.82, 2.24) is 4.90 Å². The van der Waals surface area contributed by atoms with Crippen LogP contribution < -0.4 is 0 Å². The summed E-state index contributed by atoms with van der Waals surface area (Å²) in [6.45, 7) is 1.28. The molecule has 136 valence electrons. The van der Waals surface area contributed by atoms with Crippen LogP contribution in [0.5, 0.6) is 0 Å². The first-order chi connectivity index (χ1) is 11.7. The lowest BCUT2D eigenvalue weighted by Crippen LogP contribution is -2.45. The number of rotatable bonds is 4. The molecule has 0 aromatic heterocycles. The molecule has 0 spiro atoms. The molecule has 8 heteroatoms.